The lowest BCUT2D eigenvalue weighted by Crippen LogP contribution is -2.51. The first kappa shape index (κ1) is 14.9. The second kappa shape index (κ2) is 5.63. The van der Waals surface area contributed by atoms with Gasteiger partial charge < -0.3 is 10.6 Å². The zero-order valence-corrected chi connectivity index (χ0v) is 10.8. The lowest BCUT2D eigenvalue weighted by molar-refractivity contribution is -0.144. The van der Waals surface area contributed by atoms with E-state index in [1.54, 1.807) is 6.92 Å². The Morgan fingerprint density at radius 3 is 2.61 bits per heavy atom. The van der Waals surface area contributed by atoms with E-state index in [0.717, 1.165) is 6.92 Å². The van der Waals surface area contributed by atoms with Gasteiger partial charge in [-0.3, -0.25) is 9.59 Å². The van der Waals surface area contributed by atoms with Gasteiger partial charge in [0.1, 0.15) is 6.04 Å². The van der Waals surface area contributed by atoms with E-state index in [1.807, 2.05) is 0 Å². The average molecular weight is 262 g/mol. The largest absolute Gasteiger partial charge is 0.368 e. The van der Waals surface area contributed by atoms with E-state index in [1.165, 1.54) is 4.90 Å². The molecule has 2 N–H and O–H groups in total. The lowest BCUT2D eigenvalue weighted by atomic mass is 9.89. The molecule has 0 radical (unpaired) electrons. The SMILES string of the molecule is CCC(C(N)=O)N1CCC(CC(C)(F)F)CC1=O. The monoisotopic (exact) mass is 262 g/mol. The molecule has 0 spiro atoms. The molecule has 1 fully saturated rings. The second-order valence-corrected chi connectivity index (χ2v) is 5.05. The van der Waals surface area contributed by atoms with Crippen molar-refractivity contribution in [1.29, 1.82) is 0 Å². The summed E-state index contributed by atoms with van der Waals surface area (Å²) in [4.78, 5) is 24.5. The second-order valence-electron chi connectivity index (χ2n) is 5.05. The average Bonchev–Trinajstić information content (AvgIpc) is 2.19. The molecule has 2 atom stereocenters. The standard InChI is InChI=1S/C12H20F2N2O2/c1-3-9(11(15)18)16-5-4-8(6-10(16)17)7-12(2,13)14/h8-9H,3-7H2,1-2H3,(H2,15,18). The fourth-order valence-electron chi connectivity index (χ4n) is 2.50. The van der Waals surface area contributed by atoms with Crippen molar-refractivity contribution < 1.29 is 18.4 Å². The number of nitrogens with two attached hydrogens (primary N) is 1. The van der Waals surface area contributed by atoms with Crippen LogP contribution in [0, 0.1) is 5.92 Å². The number of likely N-dealkylation sites (tertiary alicyclic amines) is 1. The molecule has 1 rings (SSSR count). The van der Waals surface area contributed by atoms with Crippen molar-refractivity contribution in [3.05, 3.63) is 0 Å². The Hall–Kier alpha value is -1.20. The van der Waals surface area contributed by atoms with Gasteiger partial charge in [0.05, 0.1) is 0 Å². The highest BCUT2D eigenvalue weighted by atomic mass is 19.3. The summed E-state index contributed by atoms with van der Waals surface area (Å²) in [7, 11) is 0. The van der Waals surface area contributed by atoms with E-state index in [0.29, 0.717) is 19.4 Å². The van der Waals surface area contributed by atoms with Gasteiger partial charge in [-0.15, -0.1) is 0 Å². The number of rotatable bonds is 5. The zero-order valence-electron chi connectivity index (χ0n) is 10.8. The van der Waals surface area contributed by atoms with Gasteiger partial charge in [-0.05, 0) is 25.7 Å². The smallest absolute Gasteiger partial charge is 0.245 e. The van der Waals surface area contributed by atoms with E-state index in [2.05, 4.69) is 0 Å². The fourth-order valence-corrected chi connectivity index (χ4v) is 2.50. The van der Waals surface area contributed by atoms with Crippen molar-refractivity contribution in [2.75, 3.05) is 6.54 Å². The number of carbonyl (C=O) groups is 2. The van der Waals surface area contributed by atoms with Crippen LogP contribution in [0.4, 0.5) is 8.78 Å². The molecule has 0 aromatic carbocycles. The molecule has 1 heterocycles. The minimum absolute atomic E-state index is 0.0766. The van der Waals surface area contributed by atoms with Gasteiger partial charge in [-0.25, -0.2) is 8.78 Å². The molecule has 1 aliphatic heterocycles. The zero-order chi connectivity index (χ0) is 13.9. The predicted molar refractivity (Wildman–Crippen MR) is 62.9 cm³/mol. The summed E-state index contributed by atoms with van der Waals surface area (Å²) in [6, 6.07) is -0.611. The highest BCUT2D eigenvalue weighted by molar-refractivity contribution is 5.87. The molecule has 4 nitrogen and oxygen atoms in total. The number of amides is 2. The molecular weight excluding hydrogens is 242 g/mol. The van der Waals surface area contributed by atoms with E-state index < -0.39 is 17.9 Å². The molecule has 6 heteroatoms. The van der Waals surface area contributed by atoms with Crippen LogP contribution in [0.15, 0.2) is 0 Å². The lowest BCUT2D eigenvalue weighted by Gasteiger charge is -2.36. The van der Waals surface area contributed by atoms with Gasteiger partial charge in [0, 0.05) is 19.4 Å². The number of hydrogen-bond donors (Lipinski definition) is 1. The van der Waals surface area contributed by atoms with Gasteiger partial charge in [0.2, 0.25) is 17.7 Å². The number of piperidine rings is 1. The summed E-state index contributed by atoms with van der Waals surface area (Å²) in [5, 5.41) is 0. The molecule has 0 bridgehead atoms. The number of halogens is 2. The van der Waals surface area contributed by atoms with Crippen LogP contribution in [0.2, 0.25) is 0 Å². The summed E-state index contributed by atoms with van der Waals surface area (Å²) in [6.45, 7) is 2.97. The Morgan fingerprint density at radius 1 is 1.61 bits per heavy atom. The summed E-state index contributed by atoms with van der Waals surface area (Å²) in [6.07, 6.45) is 0.752. The Kier molecular flexibility index (Phi) is 4.65. The maximum absolute atomic E-state index is 12.9. The Balaban J connectivity index is 2.61. The summed E-state index contributed by atoms with van der Waals surface area (Å²) in [5.74, 6) is -3.84. The van der Waals surface area contributed by atoms with Gasteiger partial charge >= 0.3 is 0 Å². The van der Waals surface area contributed by atoms with Gasteiger partial charge in [-0.1, -0.05) is 6.92 Å². The third-order valence-corrected chi connectivity index (χ3v) is 3.30. The predicted octanol–water partition coefficient (Wildman–Crippen LogP) is 1.53. The molecule has 104 valence electrons. The molecule has 0 aromatic heterocycles. The van der Waals surface area contributed by atoms with Gasteiger partial charge in [0.15, 0.2) is 0 Å². The first-order valence-electron chi connectivity index (χ1n) is 6.21. The molecule has 1 aliphatic rings. The summed E-state index contributed by atoms with van der Waals surface area (Å²) < 4.78 is 25.8. The van der Waals surface area contributed by atoms with Crippen LogP contribution in [0.25, 0.3) is 0 Å². The van der Waals surface area contributed by atoms with Crippen molar-refractivity contribution in [2.45, 2.75) is 51.5 Å². The van der Waals surface area contributed by atoms with Crippen LogP contribution in [0.3, 0.4) is 0 Å². The summed E-state index contributed by atoms with van der Waals surface area (Å²) >= 11 is 0. The topological polar surface area (TPSA) is 63.4 Å². The highest BCUT2D eigenvalue weighted by Crippen LogP contribution is 2.30. The van der Waals surface area contributed by atoms with Gasteiger partial charge in [0.25, 0.3) is 0 Å². The molecular formula is C12H20F2N2O2. The molecule has 0 saturated carbocycles. The first-order valence-corrected chi connectivity index (χ1v) is 6.21. The third kappa shape index (κ3) is 3.92. The van der Waals surface area contributed by atoms with Crippen molar-refractivity contribution in [3.8, 4) is 0 Å². The molecule has 18 heavy (non-hydrogen) atoms. The number of hydrogen-bond acceptors (Lipinski definition) is 2. The van der Waals surface area contributed by atoms with Crippen LogP contribution in [-0.2, 0) is 9.59 Å². The fraction of sp³-hybridized carbons (Fsp3) is 0.833. The molecule has 2 amide bonds. The van der Waals surface area contributed by atoms with Crippen LogP contribution < -0.4 is 5.73 Å². The third-order valence-electron chi connectivity index (χ3n) is 3.30. The van der Waals surface area contributed by atoms with E-state index >= 15 is 0 Å². The minimum Gasteiger partial charge on any atom is -0.368 e. The molecule has 0 aliphatic carbocycles. The number of nitrogens with zero attached hydrogens (tertiary/aromatic N) is 1. The van der Waals surface area contributed by atoms with E-state index in [4.69, 9.17) is 5.73 Å². The highest BCUT2D eigenvalue weighted by Gasteiger charge is 2.36. The number of alkyl halides is 2. The normalized spacial score (nSPS) is 23.0. The maximum atomic E-state index is 12.9. The quantitative estimate of drug-likeness (QED) is 0.816. The van der Waals surface area contributed by atoms with Crippen LogP contribution in [0.5, 0.6) is 0 Å². The molecule has 2 unspecified atom stereocenters. The Morgan fingerprint density at radius 2 is 2.22 bits per heavy atom. The minimum atomic E-state index is -2.75. The Bertz CT molecular complexity index is 329. The van der Waals surface area contributed by atoms with E-state index in [-0.39, 0.29) is 24.7 Å². The summed E-state index contributed by atoms with van der Waals surface area (Å²) in [5.41, 5.74) is 5.22. The van der Waals surface area contributed by atoms with Crippen LogP contribution in [0.1, 0.15) is 39.5 Å². The van der Waals surface area contributed by atoms with E-state index in [9.17, 15) is 18.4 Å². The van der Waals surface area contributed by atoms with Crippen LogP contribution in [-0.4, -0.2) is 35.2 Å². The molecule has 0 aromatic rings. The number of primary amides is 1. The van der Waals surface area contributed by atoms with Gasteiger partial charge in [-0.2, -0.15) is 0 Å². The first-order chi connectivity index (χ1) is 8.24. The van der Waals surface area contributed by atoms with Crippen molar-refractivity contribution in [3.63, 3.8) is 0 Å². The van der Waals surface area contributed by atoms with Crippen molar-refractivity contribution in [2.24, 2.45) is 11.7 Å². The molecule has 1 saturated heterocycles. The maximum Gasteiger partial charge on any atom is 0.245 e. The Labute approximate surface area is 106 Å². The van der Waals surface area contributed by atoms with Crippen LogP contribution >= 0.6 is 0 Å². The van der Waals surface area contributed by atoms with Crippen molar-refractivity contribution in [1.82, 2.24) is 4.90 Å². The van der Waals surface area contributed by atoms with Crippen molar-refractivity contribution >= 4 is 11.8 Å². The number of carbonyl (C=O) groups excluding carboxylic acids is 2.